The summed E-state index contributed by atoms with van der Waals surface area (Å²) in [5.74, 6) is -6.50. The van der Waals surface area contributed by atoms with E-state index in [9.17, 15) is 19.2 Å². The Morgan fingerprint density at radius 3 is 1.92 bits per heavy atom. The highest BCUT2D eigenvalue weighted by atomic mass is 16.6. The number of carboxylic acids is 3. The third-order valence-corrected chi connectivity index (χ3v) is 4.01. The Kier molecular flexibility index (Phi) is 7.81. The summed E-state index contributed by atoms with van der Waals surface area (Å²) >= 11 is 0. The van der Waals surface area contributed by atoms with Crippen LogP contribution < -0.4 is 0 Å². The quantitative estimate of drug-likeness (QED) is 0.225. The van der Waals surface area contributed by atoms with Crippen LogP contribution >= 0.6 is 0 Å². The van der Waals surface area contributed by atoms with Crippen molar-refractivity contribution in [3.05, 3.63) is 10.4 Å². The van der Waals surface area contributed by atoms with Gasteiger partial charge in [0.25, 0.3) is 0 Å². The number of esters is 1. The number of hydrogen-bond donors (Lipinski definition) is 3. The van der Waals surface area contributed by atoms with Crippen molar-refractivity contribution in [3.63, 3.8) is 0 Å². The number of hydrogen-bond acceptors (Lipinski definition) is 7. The molecule has 5 atom stereocenters. The molecule has 12 heteroatoms. The Balaban J connectivity index is 3.27. The van der Waals surface area contributed by atoms with Crippen LogP contribution in [-0.4, -0.2) is 64.1 Å². The molecule has 1 unspecified atom stereocenters. The van der Waals surface area contributed by atoms with Crippen molar-refractivity contribution in [1.29, 1.82) is 0 Å². The van der Waals surface area contributed by atoms with Gasteiger partial charge in [-0.3, -0.25) is 19.2 Å². The van der Waals surface area contributed by atoms with Gasteiger partial charge >= 0.3 is 23.9 Å². The Bertz CT molecular complexity index is 617. The van der Waals surface area contributed by atoms with Gasteiger partial charge < -0.3 is 24.8 Å². The van der Waals surface area contributed by atoms with E-state index in [0.29, 0.717) is 0 Å². The minimum atomic E-state index is -1.28. The molecule has 0 spiro atoms. The zero-order chi connectivity index (χ0) is 19.9. The van der Waals surface area contributed by atoms with Crippen molar-refractivity contribution in [2.75, 3.05) is 6.61 Å². The number of ether oxygens (including phenoxy) is 2. The summed E-state index contributed by atoms with van der Waals surface area (Å²) in [6, 6.07) is -1.15. The van der Waals surface area contributed by atoms with Gasteiger partial charge in [-0.1, -0.05) is 5.11 Å². The molecule has 0 amide bonds. The molecule has 1 heterocycles. The van der Waals surface area contributed by atoms with Gasteiger partial charge in [0, 0.05) is 29.7 Å². The van der Waals surface area contributed by atoms with Crippen LogP contribution in [0.5, 0.6) is 0 Å². The number of aliphatic carboxylic acids is 3. The Morgan fingerprint density at radius 1 is 1.00 bits per heavy atom. The Labute approximate surface area is 147 Å². The molecule has 3 N–H and O–H groups in total. The maximum atomic E-state index is 11.2. The molecule has 144 valence electrons. The first-order valence-corrected chi connectivity index (χ1v) is 7.64. The van der Waals surface area contributed by atoms with E-state index in [1.54, 1.807) is 0 Å². The molecule has 0 aliphatic carbocycles. The van der Waals surface area contributed by atoms with Crippen molar-refractivity contribution in [1.82, 2.24) is 0 Å². The Hall–Kier alpha value is -2.85. The molecular formula is C14H19N3O9. The average molecular weight is 373 g/mol. The summed E-state index contributed by atoms with van der Waals surface area (Å²) < 4.78 is 10.4. The van der Waals surface area contributed by atoms with Crippen LogP contribution in [0.15, 0.2) is 5.11 Å². The van der Waals surface area contributed by atoms with Gasteiger partial charge in [0.1, 0.15) is 6.61 Å². The van der Waals surface area contributed by atoms with Gasteiger partial charge in [-0.15, -0.1) is 0 Å². The number of carbonyl (C=O) groups excluding carboxylic acids is 1. The van der Waals surface area contributed by atoms with E-state index in [-0.39, 0.29) is 6.61 Å². The molecule has 0 aromatic heterocycles. The SMILES string of the molecule is CC(=O)OC[C@@H]1OC(CC(=O)O)[C@H](CC(=O)O)[C@H](N=[N+]=[N-])[C@H]1CC(=O)O. The van der Waals surface area contributed by atoms with E-state index in [2.05, 4.69) is 10.0 Å². The van der Waals surface area contributed by atoms with Gasteiger partial charge in [0.05, 0.1) is 31.5 Å². The molecule has 0 saturated carbocycles. The number of nitrogens with zero attached hydrogens (tertiary/aromatic N) is 3. The molecule has 0 aromatic rings. The molecule has 0 radical (unpaired) electrons. The molecule has 0 aromatic carbocycles. The molecule has 1 fully saturated rings. The first kappa shape index (κ1) is 21.2. The van der Waals surface area contributed by atoms with E-state index in [1.165, 1.54) is 0 Å². The van der Waals surface area contributed by atoms with Gasteiger partial charge in [0.2, 0.25) is 0 Å². The van der Waals surface area contributed by atoms with Crippen LogP contribution in [0.25, 0.3) is 10.4 Å². The smallest absolute Gasteiger partial charge is 0.305 e. The fourth-order valence-corrected chi connectivity index (χ4v) is 3.06. The van der Waals surface area contributed by atoms with Crippen LogP contribution in [0.4, 0.5) is 0 Å². The molecule has 12 nitrogen and oxygen atoms in total. The zero-order valence-corrected chi connectivity index (χ0v) is 13.8. The lowest BCUT2D eigenvalue weighted by atomic mass is 9.75. The van der Waals surface area contributed by atoms with Crippen molar-refractivity contribution >= 4 is 23.9 Å². The summed E-state index contributed by atoms with van der Waals surface area (Å²) in [4.78, 5) is 47.1. The van der Waals surface area contributed by atoms with E-state index in [1.807, 2.05) is 0 Å². The van der Waals surface area contributed by atoms with Crippen molar-refractivity contribution in [3.8, 4) is 0 Å². The third kappa shape index (κ3) is 6.22. The third-order valence-electron chi connectivity index (χ3n) is 4.01. The highest BCUT2D eigenvalue weighted by Gasteiger charge is 2.47. The standard InChI is InChI=1S/C14H19N3O9/c1-6(18)25-5-10-8(3-12(21)22)14(16-17-15)7(2-11(19)20)9(26-10)4-13(23)24/h7-10,14H,2-5H2,1H3,(H,19,20)(H,21,22)(H,23,24)/t7-,8-,9?,10-,14-/m0/s1. The largest absolute Gasteiger partial charge is 0.481 e. The van der Waals surface area contributed by atoms with Gasteiger partial charge in [0.15, 0.2) is 0 Å². The molecule has 1 saturated heterocycles. The Morgan fingerprint density at radius 2 is 1.50 bits per heavy atom. The molecule has 1 aliphatic rings. The lowest BCUT2D eigenvalue weighted by Gasteiger charge is -2.44. The summed E-state index contributed by atoms with van der Waals surface area (Å²) in [7, 11) is 0. The minimum absolute atomic E-state index is 0.374. The van der Waals surface area contributed by atoms with Crippen LogP contribution in [0.3, 0.4) is 0 Å². The zero-order valence-electron chi connectivity index (χ0n) is 13.8. The second-order valence-corrected chi connectivity index (χ2v) is 5.83. The topological polar surface area (TPSA) is 196 Å². The number of rotatable bonds is 9. The summed E-state index contributed by atoms with van der Waals surface area (Å²) in [6.07, 6.45) is -3.89. The van der Waals surface area contributed by atoms with Crippen molar-refractivity contribution in [2.45, 2.75) is 44.4 Å². The highest BCUT2D eigenvalue weighted by Crippen LogP contribution is 2.38. The molecule has 0 bridgehead atoms. The van der Waals surface area contributed by atoms with E-state index in [4.69, 9.17) is 30.3 Å². The molecular weight excluding hydrogens is 354 g/mol. The summed E-state index contributed by atoms with van der Waals surface area (Å²) in [5, 5.41) is 30.8. The lowest BCUT2D eigenvalue weighted by Crippen LogP contribution is -2.53. The highest BCUT2D eigenvalue weighted by molar-refractivity contribution is 5.70. The second kappa shape index (κ2) is 9.59. The lowest BCUT2D eigenvalue weighted by molar-refractivity contribution is -0.179. The van der Waals surface area contributed by atoms with Crippen LogP contribution in [-0.2, 0) is 28.7 Å². The van der Waals surface area contributed by atoms with Gasteiger partial charge in [-0.2, -0.15) is 0 Å². The maximum absolute atomic E-state index is 11.2. The molecule has 1 rings (SSSR count). The number of azide groups is 1. The first-order chi connectivity index (χ1) is 12.1. The molecule has 26 heavy (non-hydrogen) atoms. The predicted octanol–water partition coefficient (Wildman–Crippen LogP) is 0.652. The molecule has 1 aliphatic heterocycles. The van der Waals surface area contributed by atoms with Crippen molar-refractivity contribution < 1.29 is 44.0 Å². The number of carboxylic acid groups (broad SMARTS) is 3. The van der Waals surface area contributed by atoms with Crippen molar-refractivity contribution in [2.24, 2.45) is 17.0 Å². The minimum Gasteiger partial charge on any atom is -0.481 e. The monoisotopic (exact) mass is 373 g/mol. The van der Waals surface area contributed by atoms with Gasteiger partial charge in [-0.05, 0) is 5.53 Å². The first-order valence-electron chi connectivity index (χ1n) is 7.64. The van der Waals surface area contributed by atoms with E-state index < -0.39 is 73.2 Å². The van der Waals surface area contributed by atoms with Gasteiger partial charge in [-0.25, -0.2) is 0 Å². The van der Waals surface area contributed by atoms with Crippen LogP contribution in [0.2, 0.25) is 0 Å². The fraction of sp³-hybridized carbons (Fsp3) is 0.714. The summed E-state index contributed by atoms with van der Waals surface area (Å²) in [5.41, 5.74) is 8.82. The van der Waals surface area contributed by atoms with Crippen LogP contribution in [0, 0.1) is 11.8 Å². The predicted molar refractivity (Wildman–Crippen MR) is 82.0 cm³/mol. The van der Waals surface area contributed by atoms with E-state index in [0.717, 1.165) is 6.92 Å². The van der Waals surface area contributed by atoms with Crippen LogP contribution in [0.1, 0.15) is 26.2 Å². The summed E-state index contributed by atoms with van der Waals surface area (Å²) in [6.45, 7) is 0.753. The number of carbonyl (C=O) groups is 4. The second-order valence-electron chi connectivity index (χ2n) is 5.83. The maximum Gasteiger partial charge on any atom is 0.305 e. The van der Waals surface area contributed by atoms with E-state index >= 15 is 0 Å². The average Bonchev–Trinajstić information content (AvgIpc) is 2.50. The fourth-order valence-electron chi connectivity index (χ4n) is 3.06. The normalized spacial score (nSPS) is 27.8.